The summed E-state index contributed by atoms with van der Waals surface area (Å²) in [6.07, 6.45) is 6.96. The van der Waals surface area contributed by atoms with E-state index in [-0.39, 0.29) is 11.3 Å². The molecule has 0 unspecified atom stereocenters. The molecule has 0 aromatic heterocycles. The van der Waals surface area contributed by atoms with Crippen LogP contribution in [0.2, 0.25) is 0 Å². The molecule has 2 aliphatic carbocycles. The second kappa shape index (κ2) is 4.99. The molecule has 0 radical (unpaired) electrons. The van der Waals surface area contributed by atoms with E-state index in [1.807, 2.05) is 6.07 Å². The molecule has 1 spiro atoms. The molecule has 1 amide bonds. The number of allylic oxidation sites excluding steroid dienone is 1. The SMILES string of the molecule is O=C(NCC1CC1)C1=CC2(CCNCC2)c2ccccc21. The maximum Gasteiger partial charge on any atom is 0.251 e. The maximum absolute atomic E-state index is 12.6. The minimum atomic E-state index is 0.0775. The van der Waals surface area contributed by atoms with Crippen molar-refractivity contribution < 1.29 is 4.79 Å². The summed E-state index contributed by atoms with van der Waals surface area (Å²) in [6.45, 7) is 2.90. The Morgan fingerprint density at radius 2 is 2.00 bits per heavy atom. The molecule has 1 aliphatic heterocycles. The minimum absolute atomic E-state index is 0.0775. The first-order valence-electron chi connectivity index (χ1n) is 8.10. The second-order valence-electron chi connectivity index (χ2n) is 6.66. The molecule has 110 valence electrons. The number of hydrogen-bond acceptors (Lipinski definition) is 2. The van der Waals surface area contributed by atoms with Crippen molar-refractivity contribution in [3.8, 4) is 0 Å². The molecule has 2 fully saturated rings. The van der Waals surface area contributed by atoms with Crippen molar-refractivity contribution >= 4 is 11.5 Å². The predicted octanol–water partition coefficient (Wildman–Crippen LogP) is 2.23. The summed E-state index contributed by atoms with van der Waals surface area (Å²) in [5.74, 6) is 0.837. The Morgan fingerprint density at radius 3 is 2.76 bits per heavy atom. The highest BCUT2D eigenvalue weighted by Crippen LogP contribution is 2.46. The highest BCUT2D eigenvalue weighted by atomic mass is 16.1. The van der Waals surface area contributed by atoms with Gasteiger partial charge >= 0.3 is 0 Å². The van der Waals surface area contributed by atoms with Crippen LogP contribution in [0.3, 0.4) is 0 Å². The van der Waals surface area contributed by atoms with Gasteiger partial charge in [0, 0.05) is 17.5 Å². The summed E-state index contributed by atoms with van der Waals surface area (Å²) < 4.78 is 0. The van der Waals surface area contributed by atoms with Crippen LogP contribution in [0, 0.1) is 5.92 Å². The first-order valence-corrected chi connectivity index (χ1v) is 8.10. The van der Waals surface area contributed by atoms with Gasteiger partial charge in [-0.25, -0.2) is 0 Å². The number of carbonyl (C=O) groups excluding carboxylic acids is 1. The summed E-state index contributed by atoms with van der Waals surface area (Å²) in [5.41, 5.74) is 3.47. The van der Waals surface area contributed by atoms with Gasteiger partial charge in [-0.2, -0.15) is 0 Å². The predicted molar refractivity (Wildman–Crippen MR) is 83.9 cm³/mol. The Labute approximate surface area is 125 Å². The second-order valence-corrected chi connectivity index (χ2v) is 6.66. The first kappa shape index (κ1) is 13.1. The number of hydrogen-bond donors (Lipinski definition) is 2. The van der Waals surface area contributed by atoms with Crippen LogP contribution >= 0.6 is 0 Å². The van der Waals surface area contributed by atoms with Gasteiger partial charge in [-0.3, -0.25) is 4.79 Å². The van der Waals surface area contributed by atoms with Crippen LogP contribution in [0.1, 0.15) is 36.8 Å². The summed E-state index contributed by atoms with van der Waals surface area (Å²) in [7, 11) is 0. The quantitative estimate of drug-likeness (QED) is 0.892. The van der Waals surface area contributed by atoms with Crippen LogP contribution in [0.4, 0.5) is 0 Å². The standard InChI is InChI=1S/C18H22N2O/c21-17(20-12-13-5-6-13)15-11-18(7-9-19-10-8-18)16-4-2-1-3-14(15)16/h1-4,11,13,19H,5-10,12H2,(H,20,21). The number of carbonyl (C=O) groups is 1. The monoisotopic (exact) mass is 282 g/mol. The van der Waals surface area contributed by atoms with E-state index in [0.29, 0.717) is 0 Å². The number of benzene rings is 1. The van der Waals surface area contributed by atoms with Gasteiger partial charge in [-0.05, 0) is 55.8 Å². The fourth-order valence-electron chi connectivity index (χ4n) is 3.71. The molecule has 1 saturated heterocycles. The largest absolute Gasteiger partial charge is 0.352 e. The Kier molecular flexibility index (Phi) is 3.11. The molecule has 3 nitrogen and oxygen atoms in total. The average molecular weight is 282 g/mol. The lowest BCUT2D eigenvalue weighted by molar-refractivity contribution is -0.115. The molecule has 1 heterocycles. The van der Waals surface area contributed by atoms with Gasteiger partial charge in [-0.15, -0.1) is 0 Å². The van der Waals surface area contributed by atoms with Gasteiger partial charge in [0.25, 0.3) is 5.91 Å². The highest BCUT2D eigenvalue weighted by molar-refractivity contribution is 6.21. The van der Waals surface area contributed by atoms with E-state index in [4.69, 9.17) is 0 Å². The number of nitrogens with one attached hydrogen (secondary N) is 2. The van der Waals surface area contributed by atoms with E-state index in [2.05, 4.69) is 34.9 Å². The van der Waals surface area contributed by atoms with E-state index in [1.165, 1.54) is 18.4 Å². The van der Waals surface area contributed by atoms with Crippen molar-refractivity contribution in [2.75, 3.05) is 19.6 Å². The van der Waals surface area contributed by atoms with E-state index < -0.39 is 0 Å². The molecule has 0 bridgehead atoms. The zero-order chi connectivity index (χ0) is 14.3. The van der Waals surface area contributed by atoms with Crippen molar-refractivity contribution in [2.45, 2.75) is 31.1 Å². The van der Waals surface area contributed by atoms with Gasteiger partial charge in [-0.1, -0.05) is 30.3 Å². The zero-order valence-electron chi connectivity index (χ0n) is 12.3. The molecule has 1 aromatic rings. The minimum Gasteiger partial charge on any atom is -0.352 e. The fourth-order valence-corrected chi connectivity index (χ4v) is 3.71. The summed E-state index contributed by atoms with van der Waals surface area (Å²) >= 11 is 0. The average Bonchev–Trinajstić information content (AvgIpc) is 3.31. The molecule has 3 heteroatoms. The topological polar surface area (TPSA) is 41.1 Å². The van der Waals surface area contributed by atoms with Crippen LogP contribution in [-0.4, -0.2) is 25.5 Å². The molecule has 2 N–H and O–H groups in total. The molecule has 0 atom stereocenters. The molecular weight excluding hydrogens is 260 g/mol. The van der Waals surface area contributed by atoms with Gasteiger partial charge in [0.2, 0.25) is 0 Å². The normalized spacial score (nSPS) is 22.8. The summed E-state index contributed by atoms with van der Waals surface area (Å²) in [4.78, 5) is 12.6. The Hall–Kier alpha value is -1.61. The van der Waals surface area contributed by atoms with Crippen molar-refractivity contribution in [3.05, 3.63) is 41.5 Å². The lowest BCUT2D eigenvalue weighted by Gasteiger charge is -2.33. The van der Waals surface area contributed by atoms with Crippen molar-refractivity contribution in [3.63, 3.8) is 0 Å². The van der Waals surface area contributed by atoms with Crippen LogP contribution in [0.5, 0.6) is 0 Å². The van der Waals surface area contributed by atoms with E-state index in [0.717, 1.165) is 49.5 Å². The molecule has 1 saturated carbocycles. The number of amides is 1. The third kappa shape index (κ3) is 2.30. The summed E-state index contributed by atoms with van der Waals surface area (Å²) in [6, 6.07) is 8.45. The fraction of sp³-hybridized carbons (Fsp3) is 0.500. The van der Waals surface area contributed by atoms with Crippen LogP contribution in [0.25, 0.3) is 5.57 Å². The molecule has 4 rings (SSSR count). The van der Waals surface area contributed by atoms with Gasteiger partial charge < -0.3 is 10.6 Å². The van der Waals surface area contributed by atoms with Gasteiger partial charge in [0.05, 0.1) is 0 Å². The lowest BCUT2D eigenvalue weighted by atomic mass is 9.75. The van der Waals surface area contributed by atoms with Crippen LogP contribution in [0.15, 0.2) is 30.3 Å². The third-order valence-electron chi connectivity index (χ3n) is 5.16. The van der Waals surface area contributed by atoms with E-state index >= 15 is 0 Å². The van der Waals surface area contributed by atoms with E-state index in [9.17, 15) is 4.79 Å². The summed E-state index contributed by atoms with van der Waals surface area (Å²) in [5, 5.41) is 6.56. The van der Waals surface area contributed by atoms with Crippen molar-refractivity contribution in [2.24, 2.45) is 5.92 Å². The Bertz CT molecular complexity index is 595. The number of rotatable bonds is 3. The number of piperidine rings is 1. The van der Waals surface area contributed by atoms with Crippen LogP contribution in [-0.2, 0) is 10.2 Å². The Morgan fingerprint density at radius 1 is 1.24 bits per heavy atom. The zero-order valence-corrected chi connectivity index (χ0v) is 12.3. The van der Waals surface area contributed by atoms with Gasteiger partial charge in [0.1, 0.15) is 0 Å². The smallest absolute Gasteiger partial charge is 0.251 e. The first-order chi connectivity index (χ1) is 10.3. The molecule has 3 aliphatic rings. The lowest BCUT2D eigenvalue weighted by Crippen LogP contribution is -2.37. The van der Waals surface area contributed by atoms with Gasteiger partial charge in [0.15, 0.2) is 0 Å². The maximum atomic E-state index is 12.6. The molecule has 21 heavy (non-hydrogen) atoms. The van der Waals surface area contributed by atoms with E-state index in [1.54, 1.807) is 0 Å². The molecule has 1 aromatic carbocycles. The van der Waals surface area contributed by atoms with Crippen LogP contribution < -0.4 is 10.6 Å². The Balaban J connectivity index is 1.65. The molecular formula is C18H22N2O. The number of fused-ring (bicyclic) bond motifs is 2. The highest BCUT2D eigenvalue weighted by Gasteiger charge is 2.40. The third-order valence-corrected chi connectivity index (χ3v) is 5.16. The van der Waals surface area contributed by atoms with Crippen molar-refractivity contribution in [1.29, 1.82) is 0 Å². The van der Waals surface area contributed by atoms with Crippen molar-refractivity contribution in [1.82, 2.24) is 10.6 Å².